The van der Waals surface area contributed by atoms with Crippen LogP contribution in [0.2, 0.25) is 0 Å². The number of unbranched alkanes of at least 4 members (excludes halogenated alkanes) is 22. The molecule has 0 saturated carbocycles. The Kier molecular flexibility index (Phi) is 36.1. The molecule has 0 radical (unpaired) electrons. The molecular formula is C42H80ClNO4. The van der Waals surface area contributed by atoms with Gasteiger partial charge < -0.3 is 21.9 Å². The van der Waals surface area contributed by atoms with Gasteiger partial charge in [-0.3, -0.25) is 14.1 Å². The highest BCUT2D eigenvalue weighted by Crippen LogP contribution is 2.18. The van der Waals surface area contributed by atoms with Crippen LogP contribution in [0.3, 0.4) is 0 Å². The zero-order chi connectivity index (χ0) is 34.9. The van der Waals surface area contributed by atoms with Crippen molar-refractivity contribution in [2.45, 2.75) is 220 Å². The number of hydrogen-bond acceptors (Lipinski definition) is 4. The van der Waals surface area contributed by atoms with Gasteiger partial charge in [-0.2, -0.15) is 0 Å². The molecule has 0 aromatic rings. The molecule has 0 N–H and O–H groups in total. The maximum Gasteiger partial charge on any atom is 0.310 e. The van der Waals surface area contributed by atoms with Crippen molar-refractivity contribution in [3.05, 3.63) is 24.3 Å². The topological polar surface area (TPSA) is 52.6 Å². The standard InChI is InChI=1S/C42H80NO4.ClH/c1-7-9-11-13-15-17-19-21-23-25-27-29-31-33-35-37-41(44)46-39(3)43(5,6)40(4)47-42(45)38-36-34-32-30-28-26-24-22-20-18-16-14-12-10-8-2;/h21-24,39-40H,7-20,25-38H2,1-6H3;1H/q+1;/p-1/b23-21-,24-22-;. The zero-order valence-electron chi connectivity index (χ0n) is 32.7. The number of halogens is 1. The van der Waals surface area contributed by atoms with Crippen LogP contribution in [0, 0.1) is 0 Å². The van der Waals surface area contributed by atoms with Crippen LogP contribution >= 0.6 is 0 Å². The highest BCUT2D eigenvalue weighted by molar-refractivity contribution is 5.69. The monoisotopic (exact) mass is 698 g/mol. The molecule has 0 bridgehead atoms. The van der Waals surface area contributed by atoms with Crippen LogP contribution in [0.5, 0.6) is 0 Å². The van der Waals surface area contributed by atoms with E-state index in [1.54, 1.807) is 0 Å². The van der Waals surface area contributed by atoms with Crippen molar-refractivity contribution in [3.8, 4) is 0 Å². The second-order valence-corrected chi connectivity index (χ2v) is 14.5. The fourth-order valence-corrected chi connectivity index (χ4v) is 5.75. The summed E-state index contributed by atoms with van der Waals surface area (Å²) in [5.41, 5.74) is 0. The number of carbonyl (C=O) groups excluding carboxylic acids is 2. The first-order valence-corrected chi connectivity index (χ1v) is 20.3. The van der Waals surface area contributed by atoms with E-state index in [1.165, 1.54) is 141 Å². The Balaban J connectivity index is 0. The molecule has 0 aliphatic heterocycles. The molecule has 5 nitrogen and oxygen atoms in total. The van der Waals surface area contributed by atoms with Crippen molar-refractivity contribution in [2.75, 3.05) is 14.1 Å². The summed E-state index contributed by atoms with van der Waals surface area (Å²) in [4.78, 5) is 25.0. The molecule has 284 valence electrons. The molecule has 0 heterocycles. The van der Waals surface area contributed by atoms with Gasteiger partial charge in [-0.25, -0.2) is 0 Å². The smallest absolute Gasteiger partial charge is 0.310 e. The van der Waals surface area contributed by atoms with E-state index in [1.807, 2.05) is 27.9 Å². The SMILES string of the molecule is CCCCCCCC/C=C\CCCCCCCC(=O)OC(C)[N+](C)(C)C(C)OC(=O)CCCCCCC/C=C\CCCCCCCC.[Cl-]. The van der Waals surface area contributed by atoms with E-state index < -0.39 is 0 Å². The van der Waals surface area contributed by atoms with Crippen LogP contribution in [0.15, 0.2) is 24.3 Å². The maximum atomic E-state index is 12.5. The number of carbonyl (C=O) groups is 2. The number of rotatable bonds is 34. The van der Waals surface area contributed by atoms with Gasteiger partial charge in [-0.1, -0.05) is 141 Å². The van der Waals surface area contributed by atoms with Crippen LogP contribution in [-0.2, 0) is 19.1 Å². The summed E-state index contributed by atoms with van der Waals surface area (Å²) in [6.07, 6.45) is 41.8. The van der Waals surface area contributed by atoms with Crippen LogP contribution in [-0.4, -0.2) is 43.0 Å². The second-order valence-electron chi connectivity index (χ2n) is 14.5. The molecule has 0 aromatic carbocycles. The minimum atomic E-state index is -0.381. The lowest BCUT2D eigenvalue weighted by atomic mass is 10.1. The largest absolute Gasteiger partial charge is 1.00 e. The van der Waals surface area contributed by atoms with Crippen LogP contribution in [0.25, 0.3) is 0 Å². The summed E-state index contributed by atoms with van der Waals surface area (Å²) in [5, 5.41) is 0. The fourth-order valence-electron chi connectivity index (χ4n) is 5.75. The summed E-state index contributed by atoms with van der Waals surface area (Å²) in [6.45, 7) is 8.32. The van der Waals surface area contributed by atoms with E-state index >= 15 is 0 Å². The third-order valence-electron chi connectivity index (χ3n) is 9.76. The van der Waals surface area contributed by atoms with E-state index in [0.29, 0.717) is 17.3 Å². The molecule has 0 rings (SSSR count). The molecule has 0 amide bonds. The molecule has 0 fully saturated rings. The third-order valence-corrected chi connectivity index (χ3v) is 9.76. The number of quaternary nitrogens is 1. The van der Waals surface area contributed by atoms with Gasteiger partial charge in [0.05, 0.1) is 14.1 Å². The lowest BCUT2D eigenvalue weighted by Crippen LogP contribution is -3.00. The fraction of sp³-hybridized carbons (Fsp3) is 0.857. The Morgan fingerprint density at radius 1 is 0.458 bits per heavy atom. The van der Waals surface area contributed by atoms with Crippen LogP contribution in [0.4, 0.5) is 0 Å². The van der Waals surface area contributed by atoms with Crippen LogP contribution in [0.1, 0.15) is 207 Å². The molecule has 0 aromatic heterocycles. The zero-order valence-corrected chi connectivity index (χ0v) is 33.5. The summed E-state index contributed by atoms with van der Waals surface area (Å²) in [5.74, 6) is -0.318. The van der Waals surface area contributed by atoms with Crippen molar-refractivity contribution >= 4 is 11.9 Å². The van der Waals surface area contributed by atoms with Gasteiger partial charge in [0.2, 0.25) is 12.5 Å². The van der Waals surface area contributed by atoms with Gasteiger partial charge in [-0.05, 0) is 64.2 Å². The van der Waals surface area contributed by atoms with Gasteiger partial charge in [0, 0.05) is 26.7 Å². The van der Waals surface area contributed by atoms with Crippen LogP contribution < -0.4 is 12.4 Å². The van der Waals surface area contributed by atoms with E-state index in [9.17, 15) is 9.59 Å². The van der Waals surface area contributed by atoms with Crippen molar-refractivity contribution in [1.82, 2.24) is 0 Å². The minimum Gasteiger partial charge on any atom is -1.00 e. The predicted molar refractivity (Wildman–Crippen MR) is 202 cm³/mol. The highest BCUT2D eigenvalue weighted by atomic mass is 35.5. The highest BCUT2D eigenvalue weighted by Gasteiger charge is 2.35. The molecule has 0 saturated heterocycles. The van der Waals surface area contributed by atoms with E-state index in [-0.39, 0.29) is 36.8 Å². The number of hydrogen-bond donors (Lipinski definition) is 0. The molecule has 2 unspecified atom stereocenters. The van der Waals surface area contributed by atoms with Crippen molar-refractivity contribution in [1.29, 1.82) is 0 Å². The molecule has 48 heavy (non-hydrogen) atoms. The minimum absolute atomic E-state index is 0. The molecular weight excluding hydrogens is 618 g/mol. The quantitative estimate of drug-likeness (QED) is 0.0221. The normalized spacial score (nSPS) is 13.1. The van der Waals surface area contributed by atoms with Gasteiger partial charge in [0.15, 0.2) is 0 Å². The first-order valence-electron chi connectivity index (χ1n) is 20.3. The van der Waals surface area contributed by atoms with Crippen molar-refractivity contribution < 1.29 is 36.0 Å². The second kappa shape index (κ2) is 35.5. The lowest BCUT2D eigenvalue weighted by molar-refractivity contribution is -0.971. The van der Waals surface area contributed by atoms with Gasteiger partial charge in [0.25, 0.3) is 0 Å². The van der Waals surface area contributed by atoms with Gasteiger partial charge in [-0.15, -0.1) is 0 Å². The first-order chi connectivity index (χ1) is 22.8. The average Bonchev–Trinajstić information content (AvgIpc) is 3.04. The average molecular weight is 699 g/mol. The Bertz CT molecular complexity index is 720. The Morgan fingerprint density at radius 2 is 0.708 bits per heavy atom. The van der Waals surface area contributed by atoms with Gasteiger partial charge in [0.1, 0.15) is 0 Å². The van der Waals surface area contributed by atoms with E-state index in [2.05, 4.69) is 38.2 Å². The maximum absolute atomic E-state index is 12.5. The summed E-state index contributed by atoms with van der Waals surface area (Å²) < 4.78 is 11.8. The third kappa shape index (κ3) is 30.7. The molecule has 0 aliphatic carbocycles. The number of ether oxygens (including phenoxy) is 2. The Labute approximate surface area is 305 Å². The number of nitrogens with zero attached hydrogens (tertiary/aromatic N) is 1. The Morgan fingerprint density at radius 3 is 1.00 bits per heavy atom. The Hall–Kier alpha value is -1.33. The molecule has 0 aliphatic rings. The molecule has 0 spiro atoms. The number of allylic oxidation sites excluding steroid dienone is 4. The lowest BCUT2D eigenvalue weighted by Gasteiger charge is -2.39. The predicted octanol–water partition coefficient (Wildman–Crippen LogP) is 9.92. The summed E-state index contributed by atoms with van der Waals surface area (Å²) in [7, 11) is 3.92. The first kappa shape index (κ1) is 48.8. The summed E-state index contributed by atoms with van der Waals surface area (Å²) >= 11 is 0. The van der Waals surface area contributed by atoms with E-state index in [4.69, 9.17) is 9.47 Å². The van der Waals surface area contributed by atoms with E-state index in [0.717, 1.165) is 25.7 Å². The van der Waals surface area contributed by atoms with Crippen molar-refractivity contribution in [2.24, 2.45) is 0 Å². The molecule has 2 atom stereocenters. The van der Waals surface area contributed by atoms with Gasteiger partial charge >= 0.3 is 11.9 Å². The van der Waals surface area contributed by atoms with Crippen molar-refractivity contribution in [3.63, 3.8) is 0 Å². The number of esters is 2. The molecule has 6 heteroatoms. The summed E-state index contributed by atoms with van der Waals surface area (Å²) in [6, 6.07) is 0.